The van der Waals surface area contributed by atoms with E-state index in [1.54, 1.807) is 13.0 Å². The van der Waals surface area contributed by atoms with Crippen molar-refractivity contribution in [2.24, 2.45) is 0 Å². The maximum Gasteiger partial charge on any atom is 0.212 e. The first kappa shape index (κ1) is 14.7. The zero-order chi connectivity index (χ0) is 16.0. The molecule has 22 heavy (non-hydrogen) atoms. The molecule has 2 heterocycles. The predicted molar refractivity (Wildman–Crippen MR) is 88.6 cm³/mol. The van der Waals surface area contributed by atoms with Gasteiger partial charge in [0.1, 0.15) is 11.0 Å². The number of hydrogen-bond donors (Lipinski definition) is 2. The predicted octanol–water partition coefficient (Wildman–Crippen LogP) is 3.90. The minimum Gasteiger partial charge on any atom is -0.493 e. The van der Waals surface area contributed by atoms with E-state index in [1.165, 1.54) is 10.2 Å². The Bertz CT molecular complexity index is 862. The summed E-state index contributed by atoms with van der Waals surface area (Å²) in [6.45, 7) is 7.88. The number of halogens is 1. The van der Waals surface area contributed by atoms with Crippen molar-refractivity contribution in [2.45, 2.75) is 27.7 Å². The first-order chi connectivity index (χ1) is 10.4. The van der Waals surface area contributed by atoms with E-state index in [4.69, 9.17) is 11.6 Å². The summed E-state index contributed by atoms with van der Waals surface area (Å²) >= 11 is 6.13. The topological polar surface area (TPSA) is 63.0 Å². The van der Waals surface area contributed by atoms with Gasteiger partial charge in [0, 0.05) is 6.07 Å². The number of nitrogens with zero attached hydrogens (tertiary/aromatic N) is 3. The number of fused-ring (bicyclic) bond motifs is 1. The van der Waals surface area contributed by atoms with E-state index >= 15 is 0 Å². The van der Waals surface area contributed by atoms with E-state index in [0.717, 1.165) is 16.8 Å². The van der Waals surface area contributed by atoms with Gasteiger partial charge in [-0.3, -0.25) is 5.43 Å². The van der Waals surface area contributed by atoms with E-state index in [9.17, 15) is 5.11 Å². The second kappa shape index (κ2) is 5.18. The Morgan fingerprint density at radius 1 is 1.05 bits per heavy atom. The van der Waals surface area contributed by atoms with Crippen LogP contribution in [0.25, 0.3) is 11.0 Å². The zero-order valence-electron chi connectivity index (χ0n) is 12.9. The fraction of sp³-hybridized carbons (Fsp3) is 0.250. The second-order valence-electron chi connectivity index (χ2n) is 5.52. The summed E-state index contributed by atoms with van der Waals surface area (Å²) in [6, 6.07) is 5.74. The highest BCUT2D eigenvalue weighted by Gasteiger charge is 2.15. The lowest BCUT2D eigenvalue weighted by molar-refractivity contribution is 0.438. The summed E-state index contributed by atoms with van der Waals surface area (Å²) in [5.74, 6) is 0.590. The quantitative estimate of drug-likeness (QED) is 0.704. The summed E-state index contributed by atoms with van der Waals surface area (Å²) in [5, 5.41) is 11.2. The Labute approximate surface area is 133 Å². The van der Waals surface area contributed by atoms with Gasteiger partial charge < -0.3 is 5.11 Å². The molecule has 2 aromatic heterocycles. The molecule has 0 bridgehead atoms. The van der Waals surface area contributed by atoms with Crippen molar-refractivity contribution in [2.75, 3.05) is 5.43 Å². The first-order valence-corrected chi connectivity index (χ1v) is 7.34. The molecular formula is C16H17ClN4O. The molecule has 0 unspecified atom stereocenters. The highest BCUT2D eigenvalue weighted by atomic mass is 35.5. The largest absolute Gasteiger partial charge is 0.493 e. The number of benzene rings is 1. The summed E-state index contributed by atoms with van der Waals surface area (Å²) < 4.78 is 1.53. The Morgan fingerprint density at radius 2 is 1.68 bits per heavy atom. The number of aryl methyl sites for hydroxylation is 4. The molecule has 114 valence electrons. The molecule has 5 nitrogen and oxygen atoms in total. The number of anilines is 1. The number of aromatic hydroxyl groups is 1. The first-order valence-electron chi connectivity index (χ1n) is 6.96. The van der Waals surface area contributed by atoms with Crippen LogP contribution in [0.15, 0.2) is 18.2 Å². The normalized spacial score (nSPS) is 11.1. The SMILES string of the molecule is Cc1cc(C)c(Nn2c(O)cc3c(Cl)nc(C)nc32)c(C)c1. The van der Waals surface area contributed by atoms with E-state index in [2.05, 4.69) is 34.5 Å². The van der Waals surface area contributed by atoms with Crippen molar-refractivity contribution in [3.05, 3.63) is 45.9 Å². The second-order valence-corrected chi connectivity index (χ2v) is 5.88. The molecule has 3 aromatic rings. The van der Waals surface area contributed by atoms with E-state index in [1.807, 2.05) is 13.8 Å². The minimum absolute atomic E-state index is 0.0381. The molecule has 2 N–H and O–H groups in total. The Balaban J connectivity index is 2.18. The van der Waals surface area contributed by atoms with Gasteiger partial charge in [0.05, 0.1) is 11.1 Å². The standard InChI is InChI=1S/C16H17ClN4O/c1-8-5-9(2)14(10(3)6-8)20-21-13(22)7-12-15(17)18-11(4)19-16(12)21/h5-7,20,22H,1-4H3. The van der Waals surface area contributed by atoms with Gasteiger partial charge >= 0.3 is 0 Å². The third-order valence-corrected chi connectivity index (χ3v) is 3.89. The van der Waals surface area contributed by atoms with Gasteiger partial charge in [0.25, 0.3) is 0 Å². The lowest BCUT2D eigenvalue weighted by Crippen LogP contribution is -2.12. The van der Waals surface area contributed by atoms with E-state index < -0.39 is 0 Å². The van der Waals surface area contributed by atoms with Crippen molar-refractivity contribution < 1.29 is 5.11 Å². The fourth-order valence-corrected chi connectivity index (χ4v) is 2.97. The van der Waals surface area contributed by atoms with E-state index in [-0.39, 0.29) is 5.88 Å². The van der Waals surface area contributed by atoms with Crippen molar-refractivity contribution in [1.29, 1.82) is 0 Å². The number of rotatable bonds is 2. The molecule has 0 radical (unpaired) electrons. The Morgan fingerprint density at radius 3 is 2.32 bits per heavy atom. The van der Waals surface area contributed by atoms with Crippen LogP contribution in [0.4, 0.5) is 5.69 Å². The molecule has 0 aliphatic heterocycles. The molecule has 0 amide bonds. The van der Waals surface area contributed by atoms with Gasteiger partial charge in [-0.05, 0) is 38.8 Å². The van der Waals surface area contributed by atoms with Crippen molar-refractivity contribution in [3.63, 3.8) is 0 Å². The van der Waals surface area contributed by atoms with Gasteiger partial charge in [-0.25, -0.2) is 14.6 Å². The Kier molecular flexibility index (Phi) is 3.45. The van der Waals surface area contributed by atoms with E-state index in [0.29, 0.717) is 22.0 Å². The summed E-state index contributed by atoms with van der Waals surface area (Å²) in [5.41, 5.74) is 8.10. The molecule has 1 aromatic carbocycles. The average Bonchev–Trinajstić information content (AvgIpc) is 2.70. The van der Waals surface area contributed by atoms with Crippen molar-refractivity contribution >= 4 is 28.3 Å². The third kappa shape index (κ3) is 2.37. The van der Waals surface area contributed by atoms with Crippen LogP contribution < -0.4 is 5.43 Å². The molecule has 0 atom stereocenters. The van der Waals surface area contributed by atoms with Crippen molar-refractivity contribution in [3.8, 4) is 5.88 Å². The molecule has 0 saturated carbocycles. The van der Waals surface area contributed by atoms with Crippen LogP contribution in [0.3, 0.4) is 0 Å². The van der Waals surface area contributed by atoms with Gasteiger partial charge in [0.2, 0.25) is 5.88 Å². The van der Waals surface area contributed by atoms with Gasteiger partial charge in [0.15, 0.2) is 5.65 Å². The van der Waals surface area contributed by atoms with Gasteiger partial charge in [-0.1, -0.05) is 29.3 Å². The maximum absolute atomic E-state index is 10.2. The molecule has 0 aliphatic carbocycles. The van der Waals surface area contributed by atoms with Crippen LogP contribution in [0.2, 0.25) is 5.15 Å². The summed E-state index contributed by atoms with van der Waals surface area (Å²) in [6.07, 6.45) is 0. The van der Waals surface area contributed by atoms with Gasteiger partial charge in [-0.15, -0.1) is 0 Å². The minimum atomic E-state index is 0.0381. The van der Waals surface area contributed by atoms with Crippen LogP contribution >= 0.6 is 11.6 Å². The Hall–Kier alpha value is -2.27. The highest BCUT2D eigenvalue weighted by Crippen LogP contribution is 2.30. The zero-order valence-corrected chi connectivity index (χ0v) is 13.7. The summed E-state index contributed by atoms with van der Waals surface area (Å²) in [4.78, 5) is 8.49. The monoisotopic (exact) mass is 316 g/mol. The van der Waals surface area contributed by atoms with Crippen molar-refractivity contribution in [1.82, 2.24) is 14.6 Å². The van der Waals surface area contributed by atoms with Crippen LogP contribution in [0, 0.1) is 27.7 Å². The number of hydrogen-bond acceptors (Lipinski definition) is 4. The molecule has 0 spiro atoms. The van der Waals surface area contributed by atoms with Crippen LogP contribution in [-0.4, -0.2) is 19.8 Å². The molecule has 0 saturated heterocycles. The summed E-state index contributed by atoms with van der Waals surface area (Å²) in [7, 11) is 0. The van der Waals surface area contributed by atoms with Crippen LogP contribution in [0.1, 0.15) is 22.5 Å². The molecule has 6 heteroatoms. The highest BCUT2D eigenvalue weighted by molar-refractivity contribution is 6.34. The maximum atomic E-state index is 10.2. The average molecular weight is 317 g/mol. The lowest BCUT2D eigenvalue weighted by atomic mass is 10.1. The molecule has 0 fully saturated rings. The van der Waals surface area contributed by atoms with Gasteiger partial charge in [-0.2, -0.15) is 0 Å². The van der Waals surface area contributed by atoms with Crippen LogP contribution in [0.5, 0.6) is 5.88 Å². The smallest absolute Gasteiger partial charge is 0.212 e. The molecule has 0 aliphatic rings. The lowest BCUT2D eigenvalue weighted by Gasteiger charge is -2.16. The number of aromatic nitrogens is 3. The fourth-order valence-electron chi connectivity index (χ4n) is 2.71. The van der Waals surface area contributed by atoms with Crippen LogP contribution in [-0.2, 0) is 0 Å². The molecular weight excluding hydrogens is 300 g/mol. The third-order valence-electron chi connectivity index (χ3n) is 3.61. The number of nitrogens with one attached hydrogen (secondary N) is 1. The molecule has 3 rings (SSSR count).